The number of carbonyl (C=O) groups excluding carboxylic acids is 1. The fourth-order valence-electron chi connectivity index (χ4n) is 4.27. The summed E-state index contributed by atoms with van der Waals surface area (Å²) in [6.07, 6.45) is 11.0. The number of ketones is 1. The van der Waals surface area contributed by atoms with Gasteiger partial charge in [0.25, 0.3) is 0 Å². The first-order valence-electron chi connectivity index (χ1n) is 9.50. The summed E-state index contributed by atoms with van der Waals surface area (Å²) in [6, 6.07) is 9.93. The van der Waals surface area contributed by atoms with Gasteiger partial charge in [0.2, 0.25) is 0 Å². The van der Waals surface area contributed by atoms with Gasteiger partial charge in [0, 0.05) is 17.1 Å². The highest BCUT2D eigenvalue weighted by molar-refractivity contribution is 6.83. The molecule has 1 nitrogen and oxygen atoms in total. The predicted molar refractivity (Wildman–Crippen MR) is 105 cm³/mol. The molecule has 0 aromatic heterocycles. The number of hydrogen-bond donors (Lipinski definition) is 0. The van der Waals surface area contributed by atoms with Crippen molar-refractivity contribution in [1.82, 2.24) is 0 Å². The van der Waals surface area contributed by atoms with E-state index in [1.165, 1.54) is 42.9 Å². The Hall–Kier alpha value is -1.41. The molecular formula is C22H30OSi. The molecule has 0 heterocycles. The van der Waals surface area contributed by atoms with Crippen LogP contribution in [0.2, 0.25) is 19.6 Å². The zero-order valence-corrected chi connectivity index (χ0v) is 16.4. The average molecular weight is 339 g/mol. The minimum absolute atomic E-state index is 0.296. The molecule has 1 fully saturated rings. The van der Waals surface area contributed by atoms with Gasteiger partial charge >= 0.3 is 0 Å². The molecular weight excluding hydrogens is 308 g/mol. The minimum atomic E-state index is -1.51. The lowest BCUT2D eigenvalue weighted by atomic mass is 9.76. The molecule has 24 heavy (non-hydrogen) atoms. The van der Waals surface area contributed by atoms with Crippen LogP contribution in [0.25, 0.3) is 0 Å². The first-order valence-corrected chi connectivity index (χ1v) is 13.0. The zero-order chi connectivity index (χ0) is 17.2. The maximum atomic E-state index is 13.4. The lowest BCUT2D eigenvalue weighted by Gasteiger charge is -2.35. The summed E-state index contributed by atoms with van der Waals surface area (Å²) < 4.78 is 0. The highest BCUT2D eigenvalue weighted by Gasteiger charge is 2.35. The van der Waals surface area contributed by atoms with Crippen LogP contribution in [-0.2, 0) is 0 Å². The highest BCUT2D eigenvalue weighted by Crippen LogP contribution is 2.42. The Kier molecular flexibility index (Phi) is 5.24. The number of rotatable bonds is 3. The van der Waals surface area contributed by atoms with Crippen LogP contribution in [0.3, 0.4) is 0 Å². The van der Waals surface area contributed by atoms with Crippen molar-refractivity contribution < 1.29 is 4.79 Å². The second kappa shape index (κ2) is 7.22. The first kappa shape index (κ1) is 17.4. The molecule has 0 saturated heterocycles. The monoisotopic (exact) mass is 338 g/mol. The molecule has 1 aromatic rings. The molecule has 128 valence electrons. The molecule has 1 aromatic carbocycles. The van der Waals surface area contributed by atoms with Gasteiger partial charge in [0.05, 0.1) is 8.07 Å². The van der Waals surface area contributed by atoms with Crippen molar-refractivity contribution >= 4 is 13.9 Å². The van der Waals surface area contributed by atoms with Crippen molar-refractivity contribution in [2.45, 2.75) is 64.6 Å². The predicted octanol–water partition coefficient (Wildman–Crippen LogP) is 6.34. The molecule has 0 spiro atoms. The smallest absolute Gasteiger partial charge is 0.189 e. The van der Waals surface area contributed by atoms with Crippen LogP contribution in [0.4, 0.5) is 0 Å². The fourth-order valence-corrected chi connectivity index (χ4v) is 6.08. The third-order valence-electron chi connectivity index (χ3n) is 5.58. The van der Waals surface area contributed by atoms with E-state index in [4.69, 9.17) is 0 Å². The summed E-state index contributed by atoms with van der Waals surface area (Å²) in [6.45, 7) is 7.17. The Balaban J connectivity index is 2.06. The van der Waals surface area contributed by atoms with Crippen LogP contribution in [0.1, 0.15) is 55.3 Å². The molecule has 0 radical (unpaired) electrons. The summed E-state index contributed by atoms with van der Waals surface area (Å²) in [5.41, 5.74) is 3.60. The van der Waals surface area contributed by atoms with Crippen LogP contribution in [0.15, 0.2) is 52.8 Å². The van der Waals surface area contributed by atoms with Gasteiger partial charge in [-0.3, -0.25) is 4.79 Å². The summed E-state index contributed by atoms with van der Waals surface area (Å²) in [4.78, 5) is 13.4. The number of Topliss-reactive ketones (excluding diaryl/α,β-unsaturated/α-hetero) is 1. The maximum Gasteiger partial charge on any atom is 0.189 e. The maximum absolute atomic E-state index is 13.4. The molecule has 0 aliphatic heterocycles. The Bertz CT molecular complexity index is 661. The van der Waals surface area contributed by atoms with Gasteiger partial charge < -0.3 is 0 Å². The van der Waals surface area contributed by atoms with E-state index in [0.29, 0.717) is 11.7 Å². The molecule has 3 rings (SSSR count). The van der Waals surface area contributed by atoms with Crippen molar-refractivity contribution in [3.63, 3.8) is 0 Å². The third-order valence-corrected chi connectivity index (χ3v) is 7.87. The quantitative estimate of drug-likeness (QED) is 0.357. The number of allylic oxidation sites excluding steroid dienone is 4. The van der Waals surface area contributed by atoms with Gasteiger partial charge in [-0.15, -0.1) is 0 Å². The van der Waals surface area contributed by atoms with Crippen LogP contribution in [-0.4, -0.2) is 13.9 Å². The highest BCUT2D eigenvalue weighted by atomic mass is 28.3. The van der Waals surface area contributed by atoms with E-state index in [9.17, 15) is 4.79 Å². The summed E-state index contributed by atoms with van der Waals surface area (Å²) in [5.74, 6) is 0.678. The first-order chi connectivity index (χ1) is 11.5. The van der Waals surface area contributed by atoms with Crippen LogP contribution >= 0.6 is 0 Å². The van der Waals surface area contributed by atoms with Gasteiger partial charge in [-0.2, -0.15) is 0 Å². The van der Waals surface area contributed by atoms with Crippen LogP contribution < -0.4 is 0 Å². The Morgan fingerprint density at radius 2 is 1.71 bits per heavy atom. The number of hydrogen-bond acceptors (Lipinski definition) is 1. The SMILES string of the molecule is C[Si](C)(C)C1=C(C(=O)c2ccccc2)[C@H]2CCCCCCC2=CC1. The average Bonchev–Trinajstić information content (AvgIpc) is 2.54. The van der Waals surface area contributed by atoms with E-state index < -0.39 is 8.07 Å². The fraction of sp³-hybridized carbons (Fsp3) is 0.500. The molecule has 0 N–H and O–H groups in total. The number of fused-ring (bicyclic) bond motifs is 1. The molecule has 2 aliphatic rings. The molecule has 0 amide bonds. The van der Waals surface area contributed by atoms with Gasteiger partial charge in [-0.05, 0) is 25.7 Å². The van der Waals surface area contributed by atoms with E-state index >= 15 is 0 Å². The Labute approximate surface area is 147 Å². The van der Waals surface area contributed by atoms with E-state index in [2.05, 4.69) is 25.7 Å². The lowest BCUT2D eigenvalue weighted by molar-refractivity contribution is 0.102. The van der Waals surface area contributed by atoms with Crippen molar-refractivity contribution in [3.05, 3.63) is 58.3 Å². The van der Waals surface area contributed by atoms with Gasteiger partial charge in [-0.1, -0.05) is 86.1 Å². The van der Waals surface area contributed by atoms with Crippen molar-refractivity contribution in [3.8, 4) is 0 Å². The van der Waals surface area contributed by atoms with E-state index in [0.717, 1.165) is 18.4 Å². The van der Waals surface area contributed by atoms with Gasteiger partial charge in [0.1, 0.15) is 0 Å². The molecule has 0 unspecified atom stereocenters. The van der Waals surface area contributed by atoms with Crippen molar-refractivity contribution in [2.75, 3.05) is 0 Å². The minimum Gasteiger partial charge on any atom is -0.289 e. The summed E-state index contributed by atoms with van der Waals surface area (Å²) >= 11 is 0. The lowest BCUT2D eigenvalue weighted by Crippen LogP contribution is -2.32. The second-order valence-corrected chi connectivity index (χ2v) is 13.4. The molecule has 1 atom stereocenters. The van der Waals surface area contributed by atoms with Gasteiger partial charge in [0.15, 0.2) is 5.78 Å². The molecule has 2 aliphatic carbocycles. The second-order valence-electron chi connectivity index (χ2n) is 8.33. The van der Waals surface area contributed by atoms with Gasteiger partial charge in [-0.25, -0.2) is 0 Å². The zero-order valence-electron chi connectivity index (χ0n) is 15.4. The van der Waals surface area contributed by atoms with Crippen LogP contribution in [0, 0.1) is 5.92 Å². The largest absolute Gasteiger partial charge is 0.289 e. The summed E-state index contributed by atoms with van der Waals surface area (Å²) in [7, 11) is -1.51. The molecule has 0 bridgehead atoms. The van der Waals surface area contributed by atoms with E-state index in [1.54, 1.807) is 5.57 Å². The van der Waals surface area contributed by atoms with E-state index in [-0.39, 0.29) is 0 Å². The van der Waals surface area contributed by atoms with Crippen molar-refractivity contribution in [1.29, 1.82) is 0 Å². The van der Waals surface area contributed by atoms with E-state index in [1.807, 2.05) is 30.3 Å². The number of benzene rings is 1. The van der Waals surface area contributed by atoms with Crippen molar-refractivity contribution in [2.24, 2.45) is 5.92 Å². The molecule has 1 saturated carbocycles. The Morgan fingerprint density at radius 1 is 1.00 bits per heavy atom. The molecule has 2 heteroatoms. The van der Waals surface area contributed by atoms with Crippen LogP contribution in [0.5, 0.6) is 0 Å². The normalized spacial score (nSPS) is 22.3. The third kappa shape index (κ3) is 3.64. The summed E-state index contributed by atoms with van der Waals surface area (Å²) in [5, 5.41) is 1.49. The Morgan fingerprint density at radius 3 is 2.42 bits per heavy atom. The standard InChI is InChI=1S/C22H30OSi/c1-24(2,3)20-16-15-17-11-7-4-5-10-14-19(17)21(20)22(23)18-12-8-6-9-13-18/h6,8-9,12-13,15,19H,4-5,7,10-11,14,16H2,1-3H3/t19-/m0/s1. The number of carbonyl (C=O) groups is 1. The topological polar surface area (TPSA) is 17.1 Å².